The summed E-state index contributed by atoms with van der Waals surface area (Å²) in [6.07, 6.45) is 0.647. The van der Waals surface area contributed by atoms with Gasteiger partial charge in [0, 0.05) is 40.6 Å². The van der Waals surface area contributed by atoms with Gasteiger partial charge in [0.25, 0.3) is 0 Å². The lowest BCUT2D eigenvalue weighted by atomic mass is 10.1. The highest BCUT2D eigenvalue weighted by atomic mass is 35.5. The number of carbonyl (C=O) groups is 2. The van der Waals surface area contributed by atoms with Gasteiger partial charge in [-0.15, -0.1) is 23.2 Å². The molecule has 1 unspecified atom stereocenters. The van der Waals surface area contributed by atoms with E-state index in [0.29, 0.717) is 64.7 Å². The Labute approximate surface area is 245 Å². The van der Waals surface area contributed by atoms with Crippen molar-refractivity contribution in [2.24, 2.45) is 5.92 Å². The van der Waals surface area contributed by atoms with Crippen molar-refractivity contribution in [1.82, 2.24) is 9.97 Å². The van der Waals surface area contributed by atoms with Crippen LogP contribution in [0.4, 0.5) is 8.78 Å². The standard InChI is InChI=1S/C15H15ClFNO3.C14H13ClFNO3/c1-9(7-16)8-21-14-6-13(15(19)20-2)18-12-4-3-10(17)5-11(12)14;1-19-14(18)12-8-13(20-6-2-5-15)10-7-9(16)3-4-11(10)17-12/h3-6,9H,7-8H2,1-2H3;3-4,7-8H,2,5-6H2,1H3. The van der Waals surface area contributed by atoms with Gasteiger partial charge in [-0.3, -0.25) is 0 Å². The Morgan fingerprint density at radius 2 is 1.29 bits per heavy atom. The molecule has 41 heavy (non-hydrogen) atoms. The predicted molar refractivity (Wildman–Crippen MR) is 152 cm³/mol. The van der Waals surface area contributed by atoms with Crippen LogP contribution in [0.25, 0.3) is 21.8 Å². The maximum Gasteiger partial charge on any atom is 0.356 e. The Morgan fingerprint density at radius 3 is 1.73 bits per heavy atom. The third-order valence-corrected chi connectivity index (χ3v) is 6.37. The number of methoxy groups -OCH3 is 2. The Bertz CT molecular complexity index is 1520. The number of pyridine rings is 2. The third-order valence-electron chi connectivity index (χ3n) is 5.58. The molecule has 0 aliphatic carbocycles. The molecule has 0 aliphatic heterocycles. The lowest BCUT2D eigenvalue weighted by molar-refractivity contribution is 0.0585. The zero-order valence-corrected chi connectivity index (χ0v) is 24.1. The Kier molecular flexibility index (Phi) is 11.9. The van der Waals surface area contributed by atoms with E-state index in [4.69, 9.17) is 32.7 Å². The molecule has 0 amide bonds. The van der Waals surface area contributed by atoms with Crippen molar-refractivity contribution >= 4 is 56.9 Å². The number of hydrogen-bond donors (Lipinski definition) is 0. The van der Waals surface area contributed by atoms with Crippen molar-refractivity contribution < 1.29 is 37.3 Å². The van der Waals surface area contributed by atoms with Gasteiger partial charge >= 0.3 is 11.9 Å². The second-order valence-corrected chi connectivity index (χ2v) is 9.47. The topological polar surface area (TPSA) is 96.8 Å². The Hall–Kier alpha value is -3.76. The number of alkyl halides is 2. The number of halogens is 4. The van der Waals surface area contributed by atoms with Gasteiger partial charge in [0.1, 0.15) is 23.1 Å². The van der Waals surface area contributed by atoms with E-state index in [9.17, 15) is 18.4 Å². The van der Waals surface area contributed by atoms with E-state index in [1.807, 2.05) is 6.92 Å². The average molecular weight is 609 g/mol. The number of ether oxygens (including phenoxy) is 4. The van der Waals surface area contributed by atoms with Crippen molar-refractivity contribution in [2.45, 2.75) is 13.3 Å². The molecule has 4 aromatic rings. The molecule has 8 nitrogen and oxygen atoms in total. The summed E-state index contributed by atoms with van der Waals surface area (Å²) in [5.41, 5.74) is 1.17. The number of aromatic nitrogens is 2. The van der Waals surface area contributed by atoms with Crippen molar-refractivity contribution in [2.75, 3.05) is 39.2 Å². The van der Waals surface area contributed by atoms with E-state index in [-0.39, 0.29) is 17.3 Å². The monoisotopic (exact) mass is 608 g/mol. The minimum Gasteiger partial charge on any atom is -0.493 e. The largest absolute Gasteiger partial charge is 0.493 e. The van der Waals surface area contributed by atoms with Crippen LogP contribution in [0.15, 0.2) is 48.5 Å². The minimum atomic E-state index is -0.573. The number of fused-ring (bicyclic) bond motifs is 2. The summed E-state index contributed by atoms with van der Waals surface area (Å²) >= 11 is 11.3. The molecule has 4 rings (SSSR count). The first-order chi connectivity index (χ1) is 19.7. The average Bonchev–Trinajstić information content (AvgIpc) is 2.99. The van der Waals surface area contributed by atoms with Crippen molar-refractivity contribution in [3.8, 4) is 11.5 Å². The zero-order valence-electron chi connectivity index (χ0n) is 22.6. The summed E-state index contributed by atoms with van der Waals surface area (Å²) in [5, 5.41) is 1.01. The molecule has 0 saturated carbocycles. The Balaban J connectivity index is 0.000000226. The number of esters is 2. The molecule has 1 atom stereocenters. The number of carbonyl (C=O) groups excluding carboxylic acids is 2. The van der Waals surface area contributed by atoms with Crippen molar-refractivity contribution in [3.63, 3.8) is 0 Å². The molecule has 218 valence electrons. The molecule has 2 aromatic carbocycles. The van der Waals surface area contributed by atoms with Crippen LogP contribution in [0, 0.1) is 17.6 Å². The van der Waals surface area contributed by atoms with Gasteiger partial charge in [-0.1, -0.05) is 6.92 Å². The lowest BCUT2D eigenvalue weighted by Crippen LogP contribution is -2.11. The molecule has 0 spiro atoms. The van der Waals surface area contributed by atoms with Crippen molar-refractivity contribution in [1.29, 1.82) is 0 Å². The highest BCUT2D eigenvalue weighted by Gasteiger charge is 2.16. The first kappa shape index (κ1) is 31.8. The summed E-state index contributed by atoms with van der Waals surface area (Å²) in [6.45, 7) is 2.66. The number of benzene rings is 2. The molecular weight excluding hydrogens is 581 g/mol. The van der Waals surface area contributed by atoms with E-state index in [1.165, 1.54) is 62.8 Å². The number of nitrogens with zero attached hydrogens (tertiary/aromatic N) is 2. The van der Waals surface area contributed by atoms with E-state index in [1.54, 1.807) is 0 Å². The van der Waals surface area contributed by atoms with Crippen LogP contribution in [0.5, 0.6) is 11.5 Å². The molecule has 0 fully saturated rings. The molecule has 0 bridgehead atoms. The predicted octanol–water partition coefficient (Wildman–Crippen LogP) is 6.58. The smallest absolute Gasteiger partial charge is 0.356 e. The van der Waals surface area contributed by atoms with Gasteiger partial charge in [0.15, 0.2) is 11.4 Å². The highest BCUT2D eigenvalue weighted by molar-refractivity contribution is 6.18. The van der Waals surface area contributed by atoms with E-state index in [0.717, 1.165) is 0 Å². The van der Waals surface area contributed by atoms with Crippen LogP contribution in [0.3, 0.4) is 0 Å². The number of hydrogen-bond acceptors (Lipinski definition) is 8. The summed E-state index contributed by atoms with van der Waals surface area (Å²) in [6, 6.07) is 11.1. The van der Waals surface area contributed by atoms with Gasteiger partial charge in [-0.2, -0.15) is 0 Å². The molecule has 12 heteroatoms. The Morgan fingerprint density at radius 1 is 0.805 bits per heavy atom. The molecule has 0 N–H and O–H groups in total. The fraction of sp³-hybridized carbons (Fsp3) is 0.310. The van der Waals surface area contributed by atoms with Crippen LogP contribution < -0.4 is 9.47 Å². The van der Waals surface area contributed by atoms with Gasteiger partial charge in [-0.05, 0) is 42.8 Å². The molecule has 0 saturated heterocycles. The van der Waals surface area contributed by atoms with Crippen LogP contribution in [0.2, 0.25) is 0 Å². The van der Waals surface area contributed by atoms with E-state index in [2.05, 4.69) is 19.4 Å². The zero-order chi connectivity index (χ0) is 29.9. The van der Waals surface area contributed by atoms with Crippen LogP contribution in [-0.4, -0.2) is 61.1 Å². The van der Waals surface area contributed by atoms with Crippen LogP contribution in [-0.2, 0) is 9.47 Å². The fourth-order valence-electron chi connectivity index (χ4n) is 3.50. The summed E-state index contributed by atoms with van der Waals surface area (Å²) in [5.74, 6) is -0.128. The van der Waals surface area contributed by atoms with Crippen LogP contribution >= 0.6 is 23.2 Å². The quantitative estimate of drug-likeness (QED) is 0.113. The molecular formula is C29H28Cl2F2N2O6. The summed E-state index contributed by atoms with van der Waals surface area (Å²) in [7, 11) is 2.54. The third kappa shape index (κ3) is 8.61. The van der Waals surface area contributed by atoms with Crippen LogP contribution in [0.1, 0.15) is 34.3 Å². The maximum absolute atomic E-state index is 13.4. The maximum atomic E-state index is 13.4. The highest BCUT2D eigenvalue weighted by Crippen LogP contribution is 2.28. The second-order valence-electron chi connectivity index (χ2n) is 8.78. The van der Waals surface area contributed by atoms with Gasteiger partial charge < -0.3 is 18.9 Å². The van der Waals surface area contributed by atoms with Gasteiger partial charge in [-0.25, -0.2) is 28.3 Å². The number of rotatable bonds is 10. The van der Waals surface area contributed by atoms with Gasteiger partial charge in [0.2, 0.25) is 0 Å². The van der Waals surface area contributed by atoms with E-state index >= 15 is 0 Å². The molecule has 2 aromatic heterocycles. The molecule has 0 radical (unpaired) electrons. The molecule has 0 aliphatic rings. The fourth-order valence-corrected chi connectivity index (χ4v) is 3.70. The second kappa shape index (κ2) is 15.3. The van der Waals surface area contributed by atoms with Gasteiger partial charge in [0.05, 0.1) is 38.5 Å². The lowest BCUT2D eigenvalue weighted by Gasteiger charge is -2.13. The first-order valence-corrected chi connectivity index (χ1v) is 13.5. The van der Waals surface area contributed by atoms with E-state index < -0.39 is 23.6 Å². The minimum absolute atomic E-state index is 0.116. The SMILES string of the molecule is COC(=O)c1cc(OCC(C)CCl)c2cc(F)ccc2n1.COC(=O)c1cc(OCCCCl)c2cc(F)ccc2n1. The summed E-state index contributed by atoms with van der Waals surface area (Å²) < 4.78 is 47.3. The van der Waals surface area contributed by atoms with Crippen molar-refractivity contribution in [3.05, 3.63) is 71.6 Å². The summed E-state index contributed by atoms with van der Waals surface area (Å²) in [4.78, 5) is 31.5. The first-order valence-electron chi connectivity index (χ1n) is 12.5. The molecule has 2 heterocycles. The normalized spacial score (nSPS) is 11.4.